The molecule has 1 aromatic heterocycles. The number of rotatable bonds is 2. The van der Waals surface area contributed by atoms with Gasteiger partial charge in [0.2, 0.25) is 5.56 Å². The van der Waals surface area contributed by atoms with Gasteiger partial charge in [-0.2, -0.15) is 0 Å². The number of phenolic OH excluding ortho intramolecular Hbond substituents is 1. The number of aliphatic imine (C=N–C) groups is 1. The van der Waals surface area contributed by atoms with E-state index in [-0.39, 0.29) is 11.3 Å². The van der Waals surface area contributed by atoms with Crippen molar-refractivity contribution in [2.45, 2.75) is 6.92 Å². The zero-order chi connectivity index (χ0) is 14.8. The van der Waals surface area contributed by atoms with Crippen molar-refractivity contribution in [3.05, 3.63) is 70.0 Å². The first-order valence-corrected chi connectivity index (χ1v) is 6.59. The van der Waals surface area contributed by atoms with Crippen LogP contribution in [-0.2, 0) is 0 Å². The number of aromatic hydroxyl groups is 1. The Hall–Kier alpha value is -2.88. The van der Waals surface area contributed by atoms with E-state index in [1.807, 2.05) is 31.2 Å². The standard InChI is InChI=1S/C17H14N2O2/c1-11-8-17(21)19-15-9-13(6-7-14(11)15)18-10-12-4-2-3-5-16(12)20/h2-10,20H,1H3,(H,19,21). The first kappa shape index (κ1) is 13.1. The van der Waals surface area contributed by atoms with Gasteiger partial charge in [0, 0.05) is 23.2 Å². The number of fused-ring (bicyclic) bond motifs is 1. The number of benzene rings is 2. The summed E-state index contributed by atoms with van der Waals surface area (Å²) in [5, 5.41) is 10.7. The first-order chi connectivity index (χ1) is 10.1. The van der Waals surface area contributed by atoms with Gasteiger partial charge in [0.1, 0.15) is 5.75 Å². The second kappa shape index (κ2) is 5.25. The van der Waals surface area contributed by atoms with Crippen LogP contribution in [0.4, 0.5) is 5.69 Å². The predicted molar refractivity (Wildman–Crippen MR) is 84.7 cm³/mol. The molecule has 0 unspecified atom stereocenters. The molecule has 3 aromatic rings. The normalized spacial score (nSPS) is 11.3. The van der Waals surface area contributed by atoms with Gasteiger partial charge in [-0.1, -0.05) is 18.2 Å². The number of hydrogen-bond acceptors (Lipinski definition) is 3. The molecule has 2 N–H and O–H groups in total. The van der Waals surface area contributed by atoms with Gasteiger partial charge >= 0.3 is 0 Å². The number of pyridine rings is 1. The topological polar surface area (TPSA) is 65.5 Å². The van der Waals surface area contributed by atoms with Gasteiger partial charge in [-0.25, -0.2) is 0 Å². The maximum Gasteiger partial charge on any atom is 0.248 e. The third-order valence-corrected chi connectivity index (χ3v) is 3.32. The third kappa shape index (κ3) is 2.69. The summed E-state index contributed by atoms with van der Waals surface area (Å²) in [6.07, 6.45) is 1.60. The number of hydrogen-bond donors (Lipinski definition) is 2. The van der Waals surface area contributed by atoms with E-state index in [0.29, 0.717) is 11.3 Å². The lowest BCUT2D eigenvalue weighted by molar-refractivity contribution is 0.474. The Morgan fingerprint density at radius 3 is 2.76 bits per heavy atom. The number of nitrogens with one attached hydrogen (secondary N) is 1. The average molecular weight is 278 g/mol. The molecule has 0 bridgehead atoms. The highest BCUT2D eigenvalue weighted by Gasteiger charge is 2.01. The summed E-state index contributed by atoms with van der Waals surface area (Å²) >= 11 is 0. The SMILES string of the molecule is Cc1cc(=O)[nH]c2cc(N=Cc3ccccc3O)ccc12. The Bertz CT molecular complexity index is 895. The van der Waals surface area contributed by atoms with Crippen molar-refractivity contribution in [2.75, 3.05) is 0 Å². The lowest BCUT2D eigenvalue weighted by Crippen LogP contribution is -2.04. The maximum absolute atomic E-state index is 11.5. The summed E-state index contributed by atoms with van der Waals surface area (Å²) in [5.41, 5.74) is 2.93. The van der Waals surface area contributed by atoms with Gasteiger partial charge in [-0.3, -0.25) is 9.79 Å². The van der Waals surface area contributed by atoms with Crippen LogP contribution < -0.4 is 5.56 Å². The highest BCUT2D eigenvalue weighted by Crippen LogP contribution is 2.22. The van der Waals surface area contributed by atoms with Crippen LogP contribution in [0.15, 0.2) is 58.3 Å². The van der Waals surface area contributed by atoms with Crippen molar-refractivity contribution in [2.24, 2.45) is 4.99 Å². The number of para-hydroxylation sites is 1. The van der Waals surface area contributed by atoms with Gasteiger partial charge in [0.05, 0.1) is 11.2 Å². The minimum absolute atomic E-state index is 0.123. The van der Waals surface area contributed by atoms with E-state index in [9.17, 15) is 9.90 Å². The summed E-state index contributed by atoms with van der Waals surface area (Å²) in [5.74, 6) is 0.186. The Morgan fingerprint density at radius 1 is 1.14 bits per heavy atom. The molecule has 0 aliphatic rings. The molecule has 0 saturated carbocycles. The Balaban J connectivity index is 2.02. The van der Waals surface area contributed by atoms with Gasteiger partial charge in [-0.15, -0.1) is 0 Å². The van der Waals surface area contributed by atoms with Crippen LogP contribution in [0.25, 0.3) is 10.9 Å². The molecule has 4 nitrogen and oxygen atoms in total. The smallest absolute Gasteiger partial charge is 0.248 e. The number of aromatic amines is 1. The summed E-state index contributed by atoms with van der Waals surface area (Å²) in [4.78, 5) is 18.7. The predicted octanol–water partition coefficient (Wildman–Crippen LogP) is 3.29. The average Bonchev–Trinajstić information content (AvgIpc) is 2.46. The van der Waals surface area contributed by atoms with Crippen LogP contribution >= 0.6 is 0 Å². The van der Waals surface area contributed by atoms with Crippen molar-refractivity contribution in [3.63, 3.8) is 0 Å². The molecule has 0 aliphatic carbocycles. The highest BCUT2D eigenvalue weighted by molar-refractivity contribution is 5.88. The van der Waals surface area contributed by atoms with Crippen LogP contribution in [0.5, 0.6) is 5.75 Å². The second-order valence-electron chi connectivity index (χ2n) is 4.86. The van der Waals surface area contributed by atoms with Crippen molar-refractivity contribution < 1.29 is 5.11 Å². The summed E-state index contributed by atoms with van der Waals surface area (Å²) in [7, 11) is 0. The molecule has 0 spiro atoms. The number of nitrogens with zero attached hydrogens (tertiary/aromatic N) is 1. The minimum Gasteiger partial charge on any atom is -0.507 e. The zero-order valence-corrected chi connectivity index (χ0v) is 11.5. The highest BCUT2D eigenvalue weighted by atomic mass is 16.3. The third-order valence-electron chi connectivity index (χ3n) is 3.32. The number of H-pyrrole nitrogens is 1. The van der Waals surface area contributed by atoms with Crippen LogP contribution in [0.3, 0.4) is 0 Å². The molecule has 0 amide bonds. The first-order valence-electron chi connectivity index (χ1n) is 6.59. The van der Waals surface area contributed by atoms with Gasteiger partial charge in [-0.05, 0) is 36.8 Å². The van der Waals surface area contributed by atoms with Crippen LogP contribution in [0, 0.1) is 6.92 Å². The summed E-state index contributed by atoms with van der Waals surface area (Å²) < 4.78 is 0. The fourth-order valence-corrected chi connectivity index (χ4v) is 2.24. The van der Waals surface area contributed by atoms with Crippen molar-refractivity contribution >= 4 is 22.8 Å². The van der Waals surface area contributed by atoms with Gasteiger partial charge < -0.3 is 10.1 Å². The largest absolute Gasteiger partial charge is 0.507 e. The van der Waals surface area contributed by atoms with E-state index >= 15 is 0 Å². The van der Waals surface area contributed by atoms with Gasteiger partial charge in [0.15, 0.2) is 0 Å². The van der Waals surface area contributed by atoms with E-state index < -0.39 is 0 Å². The molecule has 0 aliphatic heterocycles. The van der Waals surface area contributed by atoms with E-state index in [1.54, 1.807) is 30.5 Å². The van der Waals surface area contributed by atoms with Crippen molar-refractivity contribution in [3.8, 4) is 5.75 Å². The lowest BCUT2D eigenvalue weighted by atomic mass is 10.1. The molecule has 4 heteroatoms. The Morgan fingerprint density at radius 2 is 1.95 bits per heavy atom. The molecule has 3 rings (SSSR count). The second-order valence-corrected chi connectivity index (χ2v) is 4.86. The maximum atomic E-state index is 11.5. The minimum atomic E-state index is -0.123. The molecule has 2 aromatic carbocycles. The Labute approximate surface area is 121 Å². The fraction of sp³-hybridized carbons (Fsp3) is 0.0588. The van der Waals surface area contributed by atoms with E-state index in [4.69, 9.17) is 0 Å². The van der Waals surface area contributed by atoms with E-state index in [1.165, 1.54) is 0 Å². The van der Waals surface area contributed by atoms with Crippen LogP contribution in [-0.4, -0.2) is 16.3 Å². The molecule has 0 fully saturated rings. The number of phenols is 1. The number of aryl methyl sites for hydroxylation is 1. The van der Waals surface area contributed by atoms with Crippen molar-refractivity contribution in [1.29, 1.82) is 0 Å². The van der Waals surface area contributed by atoms with Crippen molar-refractivity contribution in [1.82, 2.24) is 4.98 Å². The molecule has 21 heavy (non-hydrogen) atoms. The van der Waals surface area contributed by atoms with Crippen LogP contribution in [0.2, 0.25) is 0 Å². The molecular weight excluding hydrogens is 264 g/mol. The molecular formula is C17H14N2O2. The van der Waals surface area contributed by atoms with Crippen LogP contribution in [0.1, 0.15) is 11.1 Å². The van der Waals surface area contributed by atoms with E-state index in [2.05, 4.69) is 9.98 Å². The monoisotopic (exact) mass is 278 g/mol. The summed E-state index contributed by atoms with van der Waals surface area (Å²) in [6.45, 7) is 1.91. The molecule has 0 radical (unpaired) electrons. The summed E-state index contributed by atoms with van der Waals surface area (Å²) in [6, 6.07) is 14.2. The Kier molecular flexibility index (Phi) is 3.28. The van der Waals surface area contributed by atoms with E-state index in [0.717, 1.165) is 16.5 Å². The molecule has 0 saturated heterocycles. The number of aromatic nitrogens is 1. The quantitative estimate of drug-likeness (QED) is 0.706. The fourth-order valence-electron chi connectivity index (χ4n) is 2.24. The lowest BCUT2D eigenvalue weighted by Gasteiger charge is -2.02. The zero-order valence-electron chi connectivity index (χ0n) is 11.5. The molecule has 104 valence electrons. The molecule has 1 heterocycles. The molecule has 0 atom stereocenters. The van der Waals surface area contributed by atoms with Gasteiger partial charge in [0.25, 0.3) is 0 Å².